The molecule has 0 aliphatic carbocycles. The van der Waals surface area contributed by atoms with Gasteiger partial charge in [0, 0.05) is 59.9 Å². The Morgan fingerprint density at radius 3 is 1.26 bits per heavy atom. The number of anilines is 2. The van der Waals surface area contributed by atoms with Gasteiger partial charge in [-0.3, -0.25) is 19.2 Å². The highest BCUT2D eigenvalue weighted by Crippen LogP contribution is 2.16. The molecule has 42 heavy (non-hydrogen) atoms. The van der Waals surface area contributed by atoms with Gasteiger partial charge in [-0.25, -0.2) is 0 Å². The van der Waals surface area contributed by atoms with Gasteiger partial charge in [0.15, 0.2) is 0 Å². The van der Waals surface area contributed by atoms with E-state index >= 15 is 0 Å². The molecule has 222 valence electrons. The van der Waals surface area contributed by atoms with E-state index in [1.807, 2.05) is 0 Å². The zero-order valence-electron chi connectivity index (χ0n) is 23.5. The van der Waals surface area contributed by atoms with Crippen molar-refractivity contribution in [3.63, 3.8) is 0 Å². The third kappa shape index (κ3) is 10.5. The highest BCUT2D eigenvalue weighted by Gasteiger charge is 2.13. The van der Waals surface area contributed by atoms with Crippen LogP contribution in [0.4, 0.5) is 11.4 Å². The van der Waals surface area contributed by atoms with Gasteiger partial charge < -0.3 is 31.5 Å². The van der Waals surface area contributed by atoms with Crippen molar-refractivity contribution in [1.82, 2.24) is 10.6 Å². The molecule has 4 amide bonds. The number of carbonyl (C=O) groups is 4. The Hall–Kier alpha value is -4.54. The predicted molar refractivity (Wildman–Crippen MR) is 162 cm³/mol. The maximum atomic E-state index is 12.8. The average molecular weight is 575 g/mol. The van der Waals surface area contributed by atoms with Crippen LogP contribution in [0.15, 0.2) is 72.8 Å². The van der Waals surface area contributed by atoms with Crippen LogP contribution < -0.4 is 21.3 Å². The minimum Gasteiger partial charge on any atom is -0.396 e. The molecular formula is C32H38N4O6. The largest absolute Gasteiger partial charge is 0.396 e. The second-order valence-electron chi connectivity index (χ2n) is 9.73. The zero-order chi connectivity index (χ0) is 30.2. The number of hydrogen-bond acceptors (Lipinski definition) is 6. The normalized spacial score (nSPS) is 10.5. The summed E-state index contributed by atoms with van der Waals surface area (Å²) in [6.45, 7) is 1.28. The second kappa shape index (κ2) is 17.3. The standard InChI is InChI=1S/C32H38N4O6/c37-19-5-1-3-17-33-29(39)25-9-7-11-27(21-25)35-31(41)23-13-15-24(16-14-23)32(42)36-28-12-8-10-26(22-28)30(40)34-18-4-2-6-20-38/h7-16,21-22,37-38H,1-6,17-20H2,(H,33,39)(H,34,40)(H,35,41)(H,36,42). The smallest absolute Gasteiger partial charge is 0.255 e. The highest BCUT2D eigenvalue weighted by atomic mass is 16.3. The highest BCUT2D eigenvalue weighted by molar-refractivity contribution is 6.08. The van der Waals surface area contributed by atoms with Crippen molar-refractivity contribution < 1.29 is 29.4 Å². The molecule has 0 heterocycles. The lowest BCUT2D eigenvalue weighted by molar-refractivity contribution is 0.0944. The predicted octanol–water partition coefficient (Wildman–Crippen LogP) is 3.98. The van der Waals surface area contributed by atoms with Crippen LogP contribution in [0.5, 0.6) is 0 Å². The van der Waals surface area contributed by atoms with E-state index in [4.69, 9.17) is 10.2 Å². The Labute approximate surface area is 245 Å². The van der Waals surface area contributed by atoms with Crippen molar-refractivity contribution >= 4 is 35.0 Å². The summed E-state index contributed by atoms with van der Waals surface area (Å²) in [4.78, 5) is 50.4. The Kier molecular flexibility index (Phi) is 13.2. The molecule has 0 saturated heterocycles. The molecule has 0 radical (unpaired) electrons. The van der Waals surface area contributed by atoms with E-state index in [-0.39, 0.29) is 25.0 Å². The fourth-order valence-electron chi connectivity index (χ4n) is 4.09. The molecule has 0 saturated carbocycles. The van der Waals surface area contributed by atoms with Crippen LogP contribution in [-0.4, -0.2) is 60.1 Å². The maximum Gasteiger partial charge on any atom is 0.255 e. The van der Waals surface area contributed by atoms with Gasteiger partial charge in [0.1, 0.15) is 0 Å². The molecule has 0 fully saturated rings. The summed E-state index contributed by atoms with van der Waals surface area (Å²) in [6, 6.07) is 19.4. The first kappa shape index (κ1) is 32.0. The Morgan fingerprint density at radius 2 is 0.881 bits per heavy atom. The van der Waals surface area contributed by atoms with Crippen molar-refractivity contribution in [3.05, 3.63) is 95.1 Å². The molecule has 0 aliphatic rings. The number of amides is 4. The number of aliphatic hydroxyl groups excluding tert-OH is 2. The van der Waals surface area contributed by atoms with Crippen LogP contribution in [0.3, 0.4) is 0 Å². The van der Waals surface area contributed by atoms with Crippen LogP contribution in [0.1, 0.15) is 80.0 Å². The van der Waals surface area contributed by atoms with Gasteiger partial charge in [-0.1, -0.05) is 12.1 Å². The summed E-state index contributed by atoms with van der Waals surface area (Å²) in [7, 11) is 0. The minimum absolute atomic E-state index is 0.135. The van der Waals surface area contributed by atoms with E-state index in [0.717, 1.165) is 25.7 Å². The quantitative estimate of drug-likeness (QED) is 0.142. The Morgan fingerprint density at radius 1 is 0.476 bits per heavy atom. The molecule has 3 aromatic rings. The molecule has 0 spiro atoms. The van der Waals surface area contributed by atoms with Crippen molar-refractivity contribution in [3.8, 4) is 0 Å². The van der Waals surface area contributed by atoms with Gasteiger partial charge in [-0.2, -0.15) is 0 Å². The molecule has 0 aliphatic heterocycles. The molecule has 3 rings (SSSR count). The molecule has 10 nitrogen and oxygen atoms in total. The third-order valence-corrected chi connectivity index (χ3v) is 6.42. The fourth-order valence-corrected chi connectivity index (χ4v) is 4.09. The van der Waals surface area contributed by atoms with E-state index in [9.17, 15) is 19.2 Å². The monoisotopic (exact) mass is 574 g/mol. The summed E-state index contributed by atoms with van der Waals surface area (Å²) >= 11 is 0. The van der Waals surface area contributed by atoms with Crippen molar-refractivity contribution in [2.45, 2.75) is 38.5 Å². The molecule has 0 atom stereocenters. The first-order chi connectivity index (χ1) is 20.4. The van der Waals surface area contributed by atoms with Gasteiger partial charge in [-0.15, -0.1) is 0 Å². The van der Waals surface area contributed by atoms with Gasteiger partial charge in [-0.05, 0) is 99.2 Å². The van der Waals surface area contributed by atoms with Crippen LogP contribution in [0.2, 0.25) is 0 Å². The molecule has 10 heteroatoms. The van der Waals surface area contributed by atoms with E-state index in [0.29, 0.717) is 59.6 Å². The fraction of sp³-hybridized carbons (Fsp3) is 0.312. The number of benzene rings is 3. The first-order valence-electron chi connectivity index (χ1n) is 14.1. The Balaban J connectivity index is 1.52. The minimum atomic E-state index is -0.390. The number of rotatable bonds is 16. The average Bonchev–Trinajstić information content (AvgIpc) is 3.01. The van der Waals surface area contributed by atoms with E-state index in [2.05, 4.69) is 21.3 Å². The molecular weight excluding hydrogens is 536 g/mol. The lowest BCUT2D eigenvalue weighted by atomic mass is 10.1. The summed E-state index contributed by atoms with van der Waals surface area (Å²) in [5.41, 5.74) is 2.43. The summed E-state index contributed by atoms with van der Waals surface area (Å²) in [5, 5.41) is 28.9. The lowest BCUT2D eigenvalue weighted by Gasteiger charge is -2.10. The van der Waals surface area contributed by atoms with Gasteiger partial charge in [0.05, 0.1) is 0 Å². The van der Waals surface area contributed by atoms with Crippen molar-refractivity contribution in [1.29, 1.82) is 0 Å². The zero-order valence-corrected chi connectivity index (χ0v) is 23.5. The number of hydrogen-bond donors (Lipinski definition) is 6. The molecule has 0 aromatic heterocycles. The van der Waals surface area contributed by atoms with E-state index < -0.39 is 11.8 Å². The van der Waals surface area contributed by atoms with Crippen molar-refractivity contribution in [2.24, 2.45) is 0 Å². The van der Waals surface area contributed by atoms with E-state index in [1.165, 1.54) is 24.3 Å². The topological polar surface area (TPSA) is 157 Å². The second-order valence-corrected chi connectivity index (χ2v) is 9.73. The number of unbranched alkanes of at least 4 members (excludes halogenated alkanes) is 4. The summed E-state index contributed by atoms with van der Waals surface area (Å²) in [5.74, 6) is -1.27. The van der Waals surface area contributed by atoms with Crippen molar-refractivity contribution in [2.75, 3.05) is 36.9 Å². The SMILES string of the molecule is O=C(NCCCCCO)c1cccc(NC(=O)c2ccc(C(=O)Nc3cccc(C(=O)NCCCCCO)c3)cc2)c1. The molecule has 3 aromatic carbocycles. The maximum absolute atomic E-state index is 12.8. The Bertz CT molecular complexity index is 1240. The third-order valence-electron chi connectivity index (χ3n) is 6.42. The molecule has 0 bridgehead atoms. The summed E-state index contributed by atoms with van der Waals surface area (Å²) < 4.78 is 0. The van der Waals surface area contributed by atoms with Gasteiger partial charge in [0.25, 0.3) is 23.6 Å². The molecule has 0 unspecified atom stereocenters. The van der Waals surface area contributed by atoms with Gasteiger partial charge >= 0.3 is 0 Å². The van der Waals surface area contributed by atoms with Gasteiger partial charge in [0.2, 0.25) is 0 Å². The molecule has 6 N–H and O–H groups in total. The van der Waals surface area contributed by atoms with Crippen LogP contribution >= 0.6 is 0 Å². The number of aliphatic hydroxyl groups is 2. The van der Waals surface area contributed by atoms with E-state index in [1.54, 1.807) is 48.5 Å². The van der Waals surface area contributed by atoms with Crippen LogP contribution in [0, 0.1) is 0 Å². The lowest BCUT2D eigenvalue weighted by Crippen LogP contribution is -2.24. The van der Waals surface area contributed by atoms with Crippen LogP contribution in [-0.2, 0) is 0 Å². The van der Waals surface area contributed by atoms with Crippen LogP contribution in [0.25, 0.3) is 0 Å². The summed E-state index contributed by atoms with van der Waals surface area (Å²) in [6.07, 6.45) is 4.59. The number of carbonyl (C=O) groups excluding carboxylic acids is 4. The first-order valence-corrected chi connectivity index (χ1v) is 14.1. The number of nitrogens with one attached hydrogen (secondary N) is 4.